The van der Waals surface area contributed by atoms with Crippen molar-refractivity contribution in [3.63, 3.8) is 0 Å². The molecule has 0 spiro atoms. The van der Waals surface area contributed by atoms with Crippen molar-refractivity contribution in [3.8, 4) is 0 Å². The van der Waals surface area contributed by atoms with Crippen LogP contribution in [0.3, 0.4) is 0 Å². The lowest BCUT2D eigenvalue weighted by Gasteiger charge is -2.06. The highest BCUT2D eigenvalue weighted by molar-refractivity contribution is 5.36. The van der Waals surface area contributed by atoms with E-state index in [4.69, 9.17) is 5.73 Å². The van der Waals surface area contributed by atoms with Gasteiger partial charge < -0.3 is 5.73 Å². The van der Waals surface area contributed by atoms with Gasteiger partial charge in [-0.25, -0.2) is 0 Å². The number of aryl methyl sites for hydroxylation is 1. The molecule has 1 aliphatic carbocycles. The average Bonchev–Trinajstić information content (AvgIpc) is 2.83. The maximum Gasteiger partial charge on any atom is 0.177 e. The Morgan fingerprint density at radius 1 is 1.31 bits per heavy atom. The van der Waals surface area contributed by atoms with Gasteiger partial charge in [0.15, 0.2) is 11.5 Å². The van der Waals surface area contributed by atoms with Gasteiger partial charge in [-0.3, -0.25) is 0 Å². The monoisotopic (exact) mass is 217 g/mol. The summed E-state index contributed by atoms with van der Waals surface area (Å²) in [5, 5.41) is 12.8. The molecule has 0 amide bonds. The molecule has 2 aromatic heterocycles. The fourth-order valence-electron chi connectivity index (χ4n) is 2.40. The van der Waals surface area contributed by atoms with Gasteiger partial charge in [-0.05, 0) is 38.3 Å². The molecule has 0 bridgehead atoms. The summed E-state index contributed by atoms with van der Waals surface area (Å²) in [4.78, 5) is 0. The largest absolute Gasteiger partial charge is 0.328 e. The Hall–Kier alpha value is -1.49. The van der Waals surface area contributed by atoms with Crippen molar-refractivity contribution < 1.29 is 0 Å². The highest BCUT2D eigenvalue weighted by Gasteiger charge is 2.27. The third-order valence-corrected chi connectivity index (χ3v) is 3.26. The summed E-state index contributed by atoms with van der Waals surface area (Å²) in [6.07, 6.45) is 3.17. The lowest BCUT2D eigenvalue weighted by atomic mass is 10.1. The summed E-state index contributed by atoms with van der Waals surface area (Å²) in [5.41, 5.74) is 7.73. The fourth-order valence-corrected chi connectivity index (χ4v) is 2.40. The number of nitrogens with two attached hydrogens (primary N) is 1. The molecule has 2 heterocycles. The summed E-state index contributed by atoms with van der Waals surface area (Å²) in [6.45, 7) is 1.98. The molecule has 5 nitrogen and oxygen atoms in total. The molecule has 2 N–H and O–H groups in total. The van der Waals surface area contributed by atoms with Crippen LogP contribution in [0.5, 0.6) is 0 Å². The second-order valence-electron chi connectivity index (χ2n) is 4.57. The number of hydrogen-bond donors (Lipinski definition) is 1. The van der Waals surface area contributed by atoms with Crippen LogP contribution in [0.25, 0.3) is 5.65 Å². The molecule has 0 aromatic carbocycles. The van der Waals surface area contributed by atoms with Crippen LogP contribution in [-0.4, -0.2) is 25.9 Å². The zero-order valence-electron chi connectivity index (χ0n) is 9.30. The lowest BCUT2D eigenvalue weighted by molar-refractivity contribution is 0.619. The van der Waals surface area contributed by atoms with Crippen molar-refractivity contribution in [1.82, 2.24) is 19.8 Å². The number of aromatic nitrogens is 4. The standard InChI is InChI=1S/C11H15N5/c1-7-2-5-10-13-14-11(16(10)15-7)8-3-4-9(12)6-8/h2,5,8-9H,3-4,6,12H2,1H3. The Kier molecular flexibility index (Phi) is 2.14. The second kappa shape index (κ2) is 3.52. The minimum atomic E-state index is 0.308. The van der Waals surface area contributed by atoms with E-state index in [9.17, 15) is 0 Å². The first-order chi connectivity index (χ1) is 7.74. The van der Waals surface area contributed by atoms with Crippen molar-refractivity contribution in [3.05, 3.63) is 23.7 Å². The molecule has 84 valence electrons. The van der Waals surface area contributed by atoms with Gasteiger partial charge in [-0.2, -0.15) is 9.61 Å². The zero-order chi connectivity index (χ0) is 11.1. The Bertz CT molecular complexity index is 518. The van der Waals surface area contributed by atoms with E-state index in [1.165, 1.54) is 0 Å². The smallest absolute Gasteiger partial charge is 0.177 e. The van der Waals surface area contributed by atoms with Gasteiger partial charge in [0.1, 0.15) is 0 Å². The molecule has 1 saturated carbocycles. The van der Waals surface area contributed by atoms with Crippen LogP contribution in [0.1, 0.15) is 36.7 Å². The predicted octanol–water partition coefficient (Wildman–Crippen LogP) is 1.03. The van der Waals surface area contributed by atoms with Crippen molar-refractivity contribution >= 4 is 5.65 Å². The maximum atomic E-state index is 5.93. The number of hydrogen-bond acceptors (Lipinski definition) is 4. The van der Waals surface area contributed by atoms with Gasteiger partial charge in [0.25, 0.3) is 0 Å². The van der Waals surface area contributed by atoms with Crippen molar-refractivity contribution in [2.45, 2.75) is 38.1 Å². The fraction of sp³-hybridized carbons (Fsp3) is 0.545. The van der Waals surface area contributed by atoms with Crippen LogP contribution < -0.4 is 5.73 Å². The van der Waals surface area contributed by atoms with E-state index in [1.807, 2.05) is 23.6 Å². The summed E-state index contributed by atoms with van der Waals surface area (Å²) < 4.78 is 1.86. The molecule has 2 aromatic rings. The van der Waals surface area contributed by atoms with Gasteiger partial charge in [0, 0.05) is 12.0 Å². The highest BCUT2D eigenvalue weighted by atomic mass is 15.4. The normalized spacial score (nSPS) is 25.4. The van der Waals surface area contributed by atoms with E-state index in [2.05, 4.69) is 15.3 Å². The number of nitrogens with zero attached hydrogens (tertiary/aromatic N) is 4. The van der Waals surface area contributed by atoms with Gasteiger partial charge in [0.2, 0.25) is 0 Å². The molecule has 0 aliphatic heterocycles. The van der Waals surface area contributed by atoms with Gasteiger partial charge in [0.05, 0.1) is 5.69 Å². The van der Waals surface area contributed by atoms with Gasteiger partial charge >= 0.3 is 0 Å². The summed E-state index contributed by atoms with van der Waals surface area (Å²) in [6, 6.07) is 4.21. The van der Waals surface area contributed by atoms with E-state index in [1.54, 1.807) is 0 Å². The maximum absolute atomic E-state index is 5.93. The third-order valence-electron chi connectivity index (χ3n) is 3.26. The van der Waals surface area contributed by atoms with E-state index >= 15 is 0 Å². The number of fused-ring (bicyclic) bond motifs is 1. The molecular formula is C11H15N5. The Balaban J connectivity index is 2.06. The average molecular weight is 217 g/mol. The van der Waals surface area contributed by atoms with Crippen LogP contribution in [0.15, 0.2) is 12.1 Å². The van der Waals surface area contributed by atoms with E-state index in [0.717, 1.165) is 36.4 Å². The first kappa shape index (κ1) is 9.72. The Labute approximate surface area is 93.7 Å². The van der Waals surface area contributed by atoms with Gasteiger partial charge in [-0.1, -0.05) is 0 Å². The molecule has 0 saturated heterocycles. The molecule has 3 rings (SSSR count). The van der Waals surface area contributed by atoms with Crippen LogP contribution >= 0.6 is 0 Å². The van der Waals surface area contributed by atoms with Gasteiger partial charge in [-0.15, -0.1) is 10.2 Å². The highest BCUT2D eigenvalue weighted by Crippen LogP contribution is 2.32. The Morgan fingerprint density at radius 3 is 2.94 bits per heavy atom. The van der Waals surface area contributed by atoms with E-state index < -0.39 is 0 Å². The summed E-state index contributed by atoms with van der Waals surface area (Å²) in [7, 11) is 0. The van der Waals surface area contributed by atoms with Crippen LogP contribution in [0, 0.1) is 6.92 Å². The van der Waals surface area contributed by atoms with Crippen LogP contribution in [-0.2, 0) is 0 Å². The summed E-state index contributed by atoms with van der Waals surface area (Å²) in [5.74, 6) is 1.38. The third kappa shape index (κ3) is 1.48. The molecule has 16 heavy (non-hydrogen) atoms. The molecule has 5 heteroatoms. The second-order valence-corrected chi connectivity index (χ2v) is 4.57. The van der Waals surface area contributed by atoms with E-state index in [0.29, 0.717) is 12.0 Å². The molecule has 2 atom stereocenters. The molecular weight excluding hydrogens is 202 g/mol. The first-order valence-electron chi connectivity index (χ1n) is 5.68. The SMILES string of the molecule is Cc1ccc2nnc(C3CCC(N)C3)n2n1. The number of rotatable bonds is 1. The molecule has 1 fully saturated rings. The minimum absolute atomic E-state index is 0.308. The van der Waals surface area contributed by atoms with Crippen molar-refractivity contribution in [1.29, 1.82) is 0 Å². The predicted molar refractivity (Wildman–Crippen MR) is 60.1 cm³/mol. The topological polar surface area (TPSA) is 69.1 Å². The quantitative estimate of drug-likeness (QED) is 0.774. The minimum Gasteiger partial charge on any atom is -0.328 e. The zero-order valence-corrected chi connectivity index (χ0v) is 9.30. The first-order valence-corrected chi connectivity index (χ1v) is 5.68. The molecule has 1 aliphatic rings. The van der Waals surface area contributed by atoms with E-state index in [-0.39, 0.29) is 0 Å². The van der Waals surface area contributed by atoms with Crippen molar-refractivity contribution in [2.75, 3.05) is 0 Å². The molecule has 2 unspecified atom stereocenters. The van der Waals surface area contributed by atoms with Crippen LogP contribution in [0.2, 0.25) is 0 Å². The summed E-state index contributed by atoms with van der Waals surface area (Å²) >= 11 is 0. The van der Waals surface area contributed by atoms with Crippen LogP contribution in [0.4, 0.5) is 0 Å². The lowest BCUT2D eigenvalue weighted by Crippen LogP contribution is -2.15. The Morgan fingerprint density at radius 2 is 2.19 bits per heavy atom. The van der Waals surface area contributed by atoms with Crippen molar-refractivity contribution in [2.24, 2.45) is 5.73 Å². The molecule has 0 radical (unpaired) electrons.